The van der Waals surface area contributed by atoms with Crippen molar-refractivity contribution in [3.8, 4) is 0 Å². The van der Waals surface area contributed by atoms with E-state index in [4.69, 9.17) is 0 Å². The van der Waals surface area contributed by atoms with Crippen LogP contribution in [0.1, 0.15) is 15.9 Å². The minimum atomic E-state index is -3.47. The number of amides is 1. The summed E-state index contributed by atoms with van der Waals surface area (Å²) in [5.41, 5.74) is 1.38. The number of carbonyl (C=O) groups excluding carboxylic acids is 1. The number of rotatable bonds is 6. The maximum Gasteiger partial charge on any atom is 0.253 e. The van der Waals surface area contributed by atoms with Crippen LogP contribution in [-0.2, 0) is 16.4 Å². The maximum absolute atomic E-state index is 12.8. The second kappa shape index (κ2) is 7.23. The number of hydrogen-bond acceptors (Lipinski definition) is 3. The summed E-state index contributed by atoms with van der Waals surface area (Å²) in [6, 6.07) is 12.4. The molecule has 0 aliphatic heterocycles. The molecule has 23 heavy (non-hydrogen) atoms. The highest BCUT2D eigenvalue weighted by molar-refractivity contribution is 7.92. The Morgan fingerprint density at radius 3 is 2.39 bits per heavy atom. The Labute approximate surface area is 134 Å². The average molecular weight is 336 g/mol. The van der Waals surface area contributed by atoms with Crippen molar-refractivity contribution in [3.05, 3.63) is 65.5 Å². The summed E-state index contributed by atoms with van der Waals surface area (Å²) in [5, 5.41) is 2.72. The van der Waals surface area contributed by atoms with Gasteiger partial charge in [0.1, 0.15) is 5.82 Å². The number of halogens is 1. The van der Waals surface area contributed by atoms with Gasteiger partial charge in [-0.25, -0.2) is 12.8 Å². The molecule has 0 aliphatic carbocycles. The highest BCUT2D eigenvalue weighted by Crippen LogP contribution is 2.16. The number of para-hydroxylation sites is 1. The van der Waals surface area contributed by atoms with Crippen LogP contribution in [0.3, 0.4) is 0 Å². The van der Waals surface area contributed by atoms with E-state index in [9.17, 15) is 17.6 Å². The van der Waals surface area contributed by atoms with Crippen molar-refractivity contribution in [2.75, 3.05) is 17.5 Å². The molecule has 0 radical (unpaired) electrons. The van der Waals surface area contributed by atoms with E-state index < -0.39 is 10.0 Å². The molecule has 0 spiro atoms. The number of anilines is 1. The van der Waals surface area contributed by atoms with Gasteiger partial charge < -0.3 is 5.32 Å². The number of carbonyl (C=O) groups is 1. The molecule has 0 unspecified atom stereocenters. The minimum absolute atomic E-state index is 0.231. The van der Waals surface area contributed by atoms with Crippen molar-refractivity contribution >= 4 is 21.6 Å². The molecule has 0 saturated heterocycles. The molecule has 2 aromatic rings. The summed E-state index contributed by atoms with van der Waals surface area (Å²) in [4.78, 5) is 12.2. The van der Waals surface area contributed by atoms with Gasteiger partial charge in [0.15, 0.2) is 0 Å². The molecule has 2 rings (SSSR count). The molecule has 0 fully saturated rings. The first-order valence-corrected chi connectivity index (χ1v) is 8.84. The normalized spacial score (nSPS) is 11.0. The SMILES string of the molecule is CS(=O)(=O)Nc1ccccc1C(=O)NCCc1ccc(F)cc1. The molecule has 2 aromatic carbocycles. The van der Waals surface area contributed by atoms with Crippen molar-refractivity contribution in [2.45, 2.75) is 6.42 Å². The smallest absolute Gasteiger partial charge is 0.253 e. The highest BCUT2D eigenvalue weighted by atomic mass is 32.2. The van der Waals surface area contributed by atoms with E-state index in [1.165, 1.54) is 18.2 Å². The zero-order chi connectivity index (χ0) is 16.9. The number of sulfonamides is 1. The van der Waals surface area contributed by atoms with Gasteiger partial charge in [-0.2, -0.15) is 0 Å². The molecule has 7 heteroatoms. The zero-order valence-electron chi connectivity index (χ0n) is 12.5. The van der Waals surface area contributed by atoms with Crippen LogP contribution in [0.25, 0.3) is 0 Å². The Bertz CT molecular complexity index is 789. The molecule has 2 N–H and O–H groups in total. The fourth-order valence-electron chi connectivity index (χ4n) is 2.04. The second-order valence-electron chi connectivity index (χ2n) is 5.05. The van der Waals surface area contributed by atoms with Gasteiger partial charge in [0.2, 0.25) is 10.0 Å². The summed E-state index contributed by atoms with van der Waals surface area (Å²) in [6.45, 7) is 0.359. The van der Waals surface area contributed by atoms with Gasteiger partial charge in [-0.1, -0.05) is 24.3 Å². The number of hydrogen-bond donors (Lipinski definition) is 2. The standard InChI is InChI=1S/C16H17FN2O3S/c1-23(21,22)19-15-5-3-2-4-14(15)16(20)18-11-10-12-6-8-13(17)9-7-12/h2-9,19H,10-11H2,1H3,(H,18,20). The van der Waals surface area contributed by atoms with E-state index in [1.807, 2.05) is 0 Å². The van der Waals surface area contributed by atoms with Crippen LogP contribution < -0.4 is 10.0 Å². The highest BCUT2D eigenvalue weighted by Gasteiger charge is 2.13. The van der Waals surface area contributed by atoms with E-state index in [1.54, 1.807) is 30.3 Å². The predicted octanol–water partition coefficient (Wildman–Crippen LogP) is 2.17. The van der Waals surface area contributed by atoms with E-state index in [0.717, 1.165) is 11.8 Å². The van der Waals surface area contributed by atoms with Crippen LogP contribution in [0, 0.1) is 5.82 Å². The van der Waals surface area contributed by atoms with E-state index in [0.29, 0.717) is 13.0 Å². The van der Waals surface area contributed by atoms with Crippen LogP contribution in [0.2, 0.25) is 0 Å². The zero-order valence-corrected chi connectivity index (χ0v) is 13.4. The lowest BCUT2D eigenvalue weighted by Gasteiger charge is -2.11. The Kier molecular flexibility index (Phi) is 5.33. The second-order valence-corrected chi connectivity index (χ2v) is 6.80. The topological polar surface area (TPSA) is 75.3 Å². The van der Waals surface area contributed by atoms with E-state index in [2.05, 4.69) is 10.0 Å². The molecule has 0 atom stereocenters. The van der Waals surface area contributed by atoms with E-state index in [-0.39, 0.29) is 23.0 Å². The first-order valence-electron chi connectivity index (χ1n) is 6.94. The summed E-state index contributed by atoms with van der Waals surface area (Å²) >= 11 is 0. The maximum atomic E-state index is 12.8. The Balaban J connectivity index is 1.99. The van der Waals surface area contributed by atoms with Crippen molar-refractivity contribution in [1.29, 1.82) is 0 Å². The molecule has 0 saturated carbocycles. The molecule has 122 valence electrons. The Hall–Kier alpha value is -2.41. The molecular weight excluding hydrogens is 319 g/mol. The van der Waals surface area contributed by atoms with Crippen molar-refractivity contribution < 1.29 is 17.6 Å². The molecule has 0 bridgehead atoms. The minimum Gasteiger partial charge on any atom is -0.352 e. The van der Waals surface area contributed by atoms with Gasteiger partial charge in [-0.15, -0.1) is 0 Å². The summed E-state index contributed by atoms with van der Waals surface area (Å²) in [7, 11) is -3.47. The average Bonchev–Trinajstić information content (AvgIpc) is 2.48. The first-order chi connectivity index (χ1) is 10.8. The number of benzene rings is 2. The fourth-order valence-corrected chi connectivity index (χ4v) is 2.61. The lowest BCUT2D eigenvalue weighted by atomic mass is 10.1. The molecule has 1 amide bonds. The van der Waals surface area contributed by atoms with Crippen molar-refractivity contribution in [1.82, 2.24) is 5.32 Å². The molecular formula is C16H17FN2O3S. The third kappa shape index (κ3) is 5.37. The van der Waals surface area contributed by atoms with Gasteiger partial charge in [0, 0.05) is 6.54 Å². The van der Waals surface area contributed by atoms with Gasteiger partial charge >= 0.3 is 0 Å². The monoisotopic (exact) mass is 336 g/mol. The van der Waals surface area contributed by atoms with Gasteiger partial charge in [0.25, 0.3) is 5.91 Å². The third-order valence-corrected chi connectivity index (χ3v) is 3.67. The molecule has 0 heterocycles. The van der Waals surface area contributed by atoms with Crippen LogP contribution in [0.4, 0.5) is 10.1 Å². The first kappa shape index (κ1) is 17.0. The predicted molar refractivity (Wildman–Crippen MR) is 87.3 cm³/mol. The fraction of sp³-hybridized carbons (Fsp3) is 0.188. The van der Waals surface area contributed by atoms with Crippen LogP contribution in [0.5, 0.6) is 0 Å². The lowest BCUT2D eigenvalue weighted by Crippen LogP contribution is -2.27. The molecule has 0 aromatic heterocycles. The quantitative estimate of drug-likeness (QED) is 0.849. The summed E-state index contributed by atoms with van der Waals surface area (Å²) in [5.74, 6) is -0.683. The molecule has 0 aliphatic rings. The van der Waals surface area contributed by atoms with Crippen LogP contribution in [-0.4, -0.2) is 27.1 Å². The summed E-state index contributed by atoms with van der Waals surface area (Å²) < 4.78 is 37.8. The summed E-state index contributed by atoms with van der Waals surface area (Å²) in [6.07, 6.45) is 1.57. The molecule has 5 nitrogen and oxygen atoms in total. The van der Waals surface area contributed by atoms with Crippen molar-refractivity contribution in [3.63, 3.8) is 0 Å². The van der Waals surface area contributed by atoms with Gasteiger partial charge in [-0.3, -0.25) is 9.52 Å². The third-order valence-electron chi connectivity index (χ3n) is 3.08. The van der Waals surface area contributed by atoms with E-state index >= 15 is 0 Å². The van der Waals surface area contributed by atoms with Gasteiger partial charge in [-0.05, 0) is 36.2 Å². The van der Waals surface area contributed by atoms with Crippen molar-refractivity contribution in [2.24, 2.45) is 0 Å². The largest absolute Gasteiger partial charge is 0.352 e. The lowest BCUT2D eigenvalue weighted by molar-refractivity contribution is 0.0955. The Morgan fingerprint density at radius 2 is 1.74 bits per heavy atom. The number of nitrogens with one attached hydrogen (secondary N) is 2. The van der Waals surface area contributed by atoms with Crippen LogP contribution >= 0.6 is 0 Å². The van der Waals surface area contributed by atoms with Crippen LogP contribution in [0.15, 0.2) is 48.5 Å². The van der Waals surface area contributed by atoms with Gasteiger partial charge in [0.05, 0.1) is 17.5 Å². The Morgan fingerprint density at radius 1 is 1.09 bits per heavy atom.